The van der Waals surface area contributed by atoms with Crippen molar-refractivity contribution in [1.82, 2.24) is 26.0 Å². The Balaban J connectivity index is 0. The number of thioether (sulfide) groups is 1. The van der Waals surface area contributed by atoms with Crippen molar-refractivity contribution in [3.05, 3.63) is 0 Å². The molecule has 3 N–H and O–H groups in total. The van der Waals surface area contributed by atoms with Gasteiger partial charge in [-0.2, -0.15) is 5.01 Å². The van der Waals surface area contributed by atoms with Crippen LogP contribution in [0.1, 0.15) is 13.3 Å². The van der Waals surface area contributed by atoms with Crippen molar-refractivity contribution in [1.29, 1.82) is 0 Å². The van der Waals surface area contributed by atoms with E-state index in [0.29, 0.717) is 11.8 Å². The van der Waals surface area contributed by atoms with E-state index in [1.165, 1.54) is 0 Å². The molecule has 0 aromatic carbocycles. The zero-order chi connectivity index (χ0) is 26.9. The van der Waals surface area contributed by atoms with Crippen LogP contribution in [0, 0.1) is 0 Å². The third-order valence-corrected chi connectivity index (χ3v) is 5.84. The van der Waals surface area contributed by atoms with Crippen LogP contribution in [-0.2, 0) is 48.5 Å². The van der Waals surface area contributed by atoms with Gasteiger partial charge in [-0.3, -0.25) is 33.6 Å². The second-order valence-corrected chi connectivity index (χ2v) is 9.37. The van der Waals surface area contributed by atoms with E-state index in [-0.39, 0.29) is 69.1 Å². The number of amides is 6. The van der Waals surface area contributed by atoms with E-state index in [9.17, 15) is 56.4 Å². The molecule has 0 radical (unpaired) electrons. The van der Waals surface area contributed by atoms with E-state index in [4.69, 9.17) is 0 Å². The first-order valence-electron chi connectivity index (χ1n) is 9.38. The maximum absolute atomic E-state index is 12.5. The van der Waals surface area contributed by atoms with Crippen LogP contribution in [0.5, 0.6) is 0 Å². The monoisotopic (exact) mass is 583 g/mol. The van der Waals surface area contributed by atoms with Crippen molar-refractivity contribution < 1.29 is 116 Å². The molecule has 1 unspecified atom stereocenters. The molecule has 17 nitrogen and oxygen atoms in total. The summed E-state index contributed by atoms with van der Waals surface area (Å²) in [6.45, 7) is -2.15. The summed E-state index contributed by atoms with van der Waals surface area (Å²) in [6, 6.07) is 0. The van der Waals surface area contributed by atoms with Gasteiger partial charge in [0.2, 0.25) is 23.6 Å². The third kappa shape index (κ3) is 13.2. The number of nitrogens with zero attached hydrogens (tertiary/aromatic N) is 2. The Bertz CT molecular complexity index is 1050. The quantitative estimate of drug-likeness (QED) is 0.110. The molecule has 0 aromatic rings. The Morgan fingerprint density at radius 1 is 0.973 bits per heavy atom. The molecule has 1 rings (SSSR count). The Morgan fingerprint density at radius 2 is 1.46 bits per heavy atom. The van der Waals surface area contributed by atoms with Crippen LogP contribution < -0.4 is 80.2 Å². The van der Waals surface area contributed by atoms with E-state index in [2.05, 4.69) is 0 Å². The predicted octanol–water partition coefficient (Wildman–Crippen LogP) is -12.2. The molecule has 6 amide bonds. The molecule has 0 aromatic heterocycles. The molecule has 0 spiro atoms. The molecule has 1 aliphatic rings. The van der Waals surface area contributed by atoms with Crippen LogP contribution in [0.15, 0.2) is 0 Å². The van der Waals surface area contributed by atoms with Crippen LogP contribution in [-0.4, -0.2) is 107 Å². The summed E-state index contributed by atoms with van der Waals surface area (Å²) in [5, 5.41) is 13.7. The molecule has 1 atom stereocenters. The van der Waals surface area contributed by atoms with Crippen molar-refractivity contribution in [3.8, 4) is 0 Å². The Hall–Kier alpha value is -1.58. The molecule has 21 heteroatoms. The van der Waals surface area contributed by atoms with Gasteiger partial charge < -0.3 is 30.4 Å². The second kappa shape index (κ2) is 17.1. The summed E-state index contributed by atoms with van der Waals surface area (Å²) < 4.78 is 33.7. The molecule has 0 aliphatic carbocycles. The first-order valence-corrected chi connectivity index (χ1v) is 11.8. The molecule has 37 heavy (non-hydrogen) atoms. The Labute approximate surface area is 258 Å². The van der Waals surface area contributed by atoms with Gasteiger partial charge in [0.25, 0.3) is 11.8 Å². The molecule has 0 saturated carbocycles. The van der Waals surface area contributed by atoms with Gasteiger partial charge in [-0.25, -0.2) is 13.4 Å². The first kappa shape index (κ1) is 37.6. The third-order valence-electron chi connectivity index (χ3n) is 3.97. The van der Waals surface area contributed by atoms with Gasteiger partial charge in [0.1, 0.15) is 21.9 Å². The zero-order valence-corrected chi connectivity index (χ0v) is 25.6. The standard InChI is InChI=1S/C16H21N5O12S2.2Na/c1-8(22)34-7-14(27)20(21-13(26)2-9(16(21)30)35(31,32)33)6-12(25)18-4-10(23)17-3-11(24)19-5-15(28)29;;/h9H,2-7H2,1H3,(H,17,23)(H,18,25)(H,19,24)(H,28,29)(H,31,32,33);;/q;2*+1/p-2. The molecule has 1 fully saturated rings. The minimum absolute atomic E-state index is 0. The number of hydrogen-bond acceptors (Lipinski definition) is 13. The van der Waals surface area contributed by atoms with Crippen molar-refractivity contribution in [3.63, 3.8) is 0 Å². The van der Waals surface area contributed by atoms with E-state index in [0.717, 1.165) is 6.92 Å². The smallest absolute Gasteiger partial charge is 0.747 e. The minimum atomic E-state index is -5.26. The Kier molecular flexibility index (Phi) is 17.4. The van der Waals surface area contributed by atoms with Crippen LogP contribution in [0.4, 0.5) is 0 Å². The topological polar surface area (TPSA) is 259 Å². The maximum atomic E-state index is 12.5. The van der Waals surface area contributed by atoms with Gasteiger partial charge >= 0.3 is 59.1 Å². The average Bonchev–Trinajstić information content (AvgIpc) is 3.05. The fourth-order valence-corrected chi connectivity index (χ4v) is 3.59. The average molecular weight is 583 g/mol. The SMILES string of the molecule is CC(=O)SCC(=O)N(CC(=O)NCC(=O)NCC(=O)NCC(=O)[O-])N1C(=O)CC(S(=O)(=O)[O-])C1=O.[Na+].[Na+]. The summed E-state index contributed by atoms with van der Waals surface area (Å²) in [4.78, 5) is 93.6. The molecule has 1 aliphatic heterocycles. The van der Waals surface area contributed by atoms with Crippen LogP contribution in [0.2, 0.25) is 0 Å². The normalized spacial score (nSPS) is 14.5. The van der Waals surface area contributed by atoms with Crippen molar-refractivity contribution in [2.24, 2.45) is 0 Å². The summed E-state index contributed by atoms with van der Waals surface area (Å²) >= 11 is 0.462. The fourth-order valence-electron chi connectivity index (χ4n) is 2.42. The maximum Gasteiger partial charge on any atom is 1.00 e. The second-order valence-electron chi connectivity index (χ2n) is 6.66. The number of imide groups is 1. The number of hydrogen-bond donors (Lipinski definition) is 3. The number of aliphatic carboxylic acids is 1. The zero-order valence-electron chi connectivity index (χ0n) is 19.9. The van der Waals surface area contributed by atoms with Gasteiger partial charge in [0.15, 0.2) is 5.12 Å². The van der Waals surface area contributed by atoms with Gasteiger partial charge in [-0.05, 0) is 0 Å². The van der Waals surface area contributed by atoms with E-state index >= 15 is 0 Å². The number of carboxylic acid groups (broad SMARTS) is 1. The van der Waals surface area contributed by atoms with Crippen molar-refractivity contribution in [2.75, 3.05) is 31.9 Å². The Morgan fingerprint density at radius 3 is 1.89 bits per heavy atom. The van der Waals surface area contributed by atoms with Gasteiger partial charge in [-0.1, -0.05) is 11.8 Å². The summed E-state index contributed by atoms with van der Waals surface area (Å²) in [7, 11) is -5.26. The molecule has 1 saturated heterocycles. The van der Waals surface area contributed by atoms with Gasteiger partial charge in [0, 0.05) is 6.92 Å². The van der Waals surface area contributed by atoms with Crippen LogP contribution in [0.3, 0.4) is 0 Å². The molecule has 0 bridgehead atoms. The molecular weight excluding hydrogens is 564 g/mol. The number of carbonyl (C=O) groups is 8. The summed E-state index contributed by atoms with van der Waals surface area (Å²) in [5.41, 5.74) is 0. The van der Waals surface area contributed by atoms with E-state index in [1.807, 2.05) is 16.0 Å². The summed E-state index contributed by atoms with van der Waals surface area (Å²) in [5.74, 6) is -9.05. The number of carboxylic acids is 1. The minimum Gasteiger partial charge on any atom is -0.747 e. The molecule has 1 heterocycles. The largest absolute Gasteiger partial charge is 1.00 e. The predicted molar refractivity (Wildman–Crippen MR) is 109 cm³/mol. The van der Waals surface area contributed by atoms with E-state index < -0.39 is 100 Å². The number of hydrazine groups is 1. The molecular formula is C16H19N5Na2O12S2. The van der Waals surface area contributed by atoms with Crippen molar-refractivity contribution in [2.45, 2.75) is 18.6 Å². The first-order chi connectivity index (χ1) is 16.1. The number of nitrogens with one attached hydrogen (secondary N) is 3. The summed E-state index contributed by atoms with van der Waals surface area (Å²) in [6.07, 6.45) is -1.06. The van der Waals surface area contributed by atoms with Crippen molar-refractivity contribution >= 4 is 68.4 Å². The van der Waals surface area contributed by atoms with Gasteiger partial charge in [0.05, 0.1) is 37.8 Å². The van der Waals surface area contributed by atoms with Gasteiger partial charge in [-0.15, -0.1) is 0 Å². The van der Waals surface area contributed by atoms with Crippen LogP contribution in [0.25, 0.3) is 0 Å². The van der Waals surface area contributed by atoms with Crippen LogP contribution >= 0.6 is 11.8 Å². The number of rotatable bonds is 12. The van der Waals surface area contributed by atoms with E-state index in [1.54, 1.807) is 0 Å². The molecule has 194 valence electrons. The number of carbonyl (C=O) groups excluding carboxylic acids is 8. The fraction of sp³-hybridized carbons (Fsp3) is 0.500.